The first-order valence-electron chi connectivity index (χ1n) is 5.55. The second kappa shape index (κ2) is 5.45. The molecule has 0 amide bonds. The molecule has 0 aliphatic heterocycles. The zero-order valence-electron chi connectivity index (χ0n) is 10.6. The van der Waals surface area contributed by atoms with E-state index in [1.165, 1.54) is 6.07 Å². The topological polar surface area (TPSA) is 89.3 Å². The van der Waals surface area contributed by atoms with Crippen molar-refractivity contribution in [1.29, 1.82) is 0 Å². The van der Waals surface area contributed by atoms with E-state index >= 15 is 0 Å². The Morgan fingerprint density at radius 3 is 2.44 bits per heavy atom. The number of nitro groups is 1. The minimum atomic E-state index is -3.67. The van der Waals surface area contributed by atoms with Gasteiger partial charge in [0.15, 0.2) is 0 Å². The highest BCUT2D eigenvalue weighted by atomic mass is 32.2. The van der Waals surface area contributed by atoms with Crippen LogP contribution in [0.25, 0.3) is 0 Å². The van der Waals surface area contributed by atoms with E-state index in [4.69, 9.17) is 0 Å². The van der Waals surface area contributed by atoms with Gasteiger partial charge in [0.1, 0.15) is 0 Å². The van der Waals surface area contributed by atoms with Crippen molar-refractivity contribution in [2.24, 2.45) is 0 Å². The Kier molecular flexibility index (Phi) is 4.42. The SMILES string of the molecule is CCCNS(=O)(=O)c1cc(C)c(C)c([N+](=O)[O-])c1. The maximum Gasteiger partial charge on any atom is 0.273 e. The molecule has 0 heterocycles. The molecule has 0 aliphatic rings. The van der Waals surface area contributed by atoms with E-state index < -0.39 is 14.9 Å². The number of aryl methyl sites for hydroxylation is 1. The smallest absolute Gasteiger partial charge is 0.258 e. The van der Waals surface area contributed by atoms with Gasteiger partial charge in [-0.25, -0.2) is 13.1 Å². The van der Waals surface area contributed by atoms with Crippen LogP contribution in [-0.4, -0.2) is 19.9 Å². The van der Waals surface area contributed by atoms with Gasteiger partial charge in [-0.1, -0.05) is 6.92 Å². The first-order valence-corrected chi connectivity index (χ1v) is 7.03. The monoisotopic (exact) mass is 272 g/mol. The van der Waals surface area contributed by atoms with E-state index in [-0.39, 0.29) is 10.6 Å². The van der Waals surface area contributed by atoms with Gasteiger partial charge in [0.05, 0.1) is 9.82 Å². The van der Waals surface area contributed by atoms with Crippen molar-refractivity contribution < 1.29 is 13.3 Å². The Balaban J connectivity index is 3.31. The second-order valence-corrected chi connectivity index (χ2v) is 5.81. The molecule has 0 fully saturated rings. The molecule has 6 nitrogen and oxygen atoms in total. The van der Waals surface area contributed by atoms with Crippen molar-refractivity contribution in [3.05, 3.63) is 33.4 Å². The predicted molar refractivity (Wildman–Crippen MR) is 68.0 cm³/mol. The molecule has 18 heavy (non-hydrogen) atoms. The third-order valence-electron chi connectivity index (χ3n) is 2.66. The van der Waals surface area contributed by atoms with Crippen LogP contribution in [0, 0.1) is 24.0 Å². The molecule has 1 aromatic carbocycles. The van der Waals surface area contributed by atoms with Crippen molar-refractivity contribution >= 4 is 15.7 Å². The Bertz CT molecular complexity index is 567. The molecule has 0 saturated carbocycles. The van der Waals surface area contributed by atoms with E-state index in [1.807, 2.05) is 6.92 Å². The fraction of sp³-hybridized carbons (Fsp3) is 0.455. The summed E-state index contributed by atoms with van der Waals surface area (Å²) in [6, 6.07) is 2.54. The van der Waals surface area contributed by atoms with Crippen LogP contribution in [0.3, 0.4) is 0 Å². The average molecular weight is 272 g/mol. The fourth-order valence-electron chi connectivity index (χ4n) is 1.47. The lowest BCUT2D eigenvalue weighted by Crippen LogP contribution is -2.24. The number of nitrogens with zero attached hydrogens (tertiary/aromatic N) is 1. The van der Waals surface area contributed by atoms with Crippen LogP contribution in [0.5, 0.6) is 0 Å². The minimum Gasteiger partial charge on any atom is -0.258 e. The number of hydrogen-bond donors (Lipinski definition) is 1. The maximum atomic E-state index is 11.9. The summed E-state index contributed by atoms with van der Waals surface area (Å²) in [5.74, 6) is 0. The van der Waals surface area contributed by atoms with Gasteiger partial charge in [-0.3, -0.25) is 10.1 Å². The molecule has 0 bridgehead atoms. The largest absolute Gasteiger partial charge is 0.273 e. The molecule has 100 valence electrons. The highest BCUT2D eigenvalue weighted by Crippen LogP contribution is 2.25. The Labute approximate surface area is 106 Å². The van der Waals surface area contributed by atoms with Gasteiger partial charge in [-0.05, 0) is 31.9 Å². The van der Waals surface area contributed by atoms with E-state index in [2.05, 4.69) is 4.72 Å². The Morgan fingerprint density at radius 2 is 1.94 bits per heavy atom. The third-order valence-corrected chi connectivity index (χ3v) is 4.10. The van der Waals surface area contributed by atoms with Gasteiger partial charge in [0.25, 0.3) is 5.69 Å². The van der Waals surface area contributed by atoms with E-state index in [0.29, 0.717) is 24.1 Å². The molecule has 0 saturated heterocycles. The Hall–Kier alpha value is -1.47. The molecule has 0 radical (unpaired) electrons. The number of benzene rings is 1. The average Bonchev–Trinajstić information content (AvgIpc) is 2.29. The van der Waals surface area contributed by atoms with Crippen LogP contribution in [0.15, 0.2) is 17.0 Å². The van der Waals surface area contributed by atoms with E-state index in [1.54, 1.807) is 13.8 Å². The lowest BCUT2D eigenvalue weighted by Gasteiger charge is -2.08. The Morgan fingerprint density at radius 1 is 1.33 bits per heavy atom. The van der Waals surface area contributed by atoms with E-state index in [9.17, 15) is 18.5 Å². The molecule has 0 unspecified atom stereocenters. The maximum absolute atomic E-state index is 11.9. The summed E-state index contributed by atoms with van der Waals surface area (Å²) in [6.07, 6.45) is 0.659. The summed E-state index contributed by atoms with van der Waals surface area (Å²) in [5, 5.41) is 10.9. The molecule has 1 aromatic rings. The fourth-order valence-corrected chi connectivity index (χ4v) is 2.71. The molecule has 0 aliphatic carbocycles. The second-order valence-electron chi connectivity index (χ2n) is 4.04. The van der Waals surface area contributed by atoms with Gasteiger partial charge in [0.2, 0.25) is 10.0 Å². The zero-order chi connectivity index (χ0) is 13.9. The van der Waals surface area contributed by atoms with Crippen molar-refractivity contribution in [3.8, 4) is 0 Å². The van der Waals surface area contributed by atoms with Crippen molar-refractivity contribution in [3.63, 3.8) is 0 Å². The van der Waals surface area contributed by atoms with E-state index in [0.717, 1.165) is 6.07 Å². The summed E-state index contributed by atoms with van der Waals surface area (Å²) in [7, 11) is -3.67. The lowest BCUT2D eigenvalue weighted by molar-refractivity contribution is -0.385. The van der Waals surface area contributed by atoms with Crippen LogP contribution in [0.1, 0.15) is 24.5 Å². The predicted octanol–water partition coefficient (Wildman–Crippen LogP) is 1.90. The summed E-state index contributed by atoms with van der Waals surface area (Å²) >= 11 is 0. The van der Waals surface area contributed by atoms with Gasteiger partial charge in [0, 0.05) is 18.2 Å². The normalized spacial score (nSPS) is 11.5. The molecule has 0 spiro atoms. The first kappa shape index (κ1) is 14.6. The molecule has 0 aromatic heterocycles. The van der Waals surface area contributed by atoms with Gasteiger partial charge in [-0.2, -0.15) is 0 Å². The molecule has 0 atom stereocenters. The van der Waals surface area contributed by atoms with Crippen LogP contribution < -0.4 is 4.72 Å². The van der Waals surface area contributed by atoms with Crippen molar-refractivity contribution in [1.82, 2.24) is 4.72 Å². The van der Waals surface area contributed by atoms with Gasteiger partial charge < -0.3 is 0 Å². The molecule has 1 N–H and O–H groups in total. The van der Waals surface area contributed by atoms with Crippen molar-refractivity contribution in [2.75, 3.05) is 6.54 Å². The standard InChI is InChI=1S/C11H16N2O4S/c1-4-5-12-18(16,17)10-6-8(2)9(3)11(7-10)13(14)15/h6-7,12H,4-5H2,1-3H3. The van der Waals surface area contributed by atoms with Gasteiger partial charge >= 0.3 is 0 Å². The molecular weight excluding hydrogens is 256 g/mol. The van der Waals surface area contributed by atoms with Crippen LogP contribution in [-0.2, 0) is 10.0 Å². The van der Waals surface area contributed by atoms with Crippen LogP contribution in [0.4, 0.5) is 5.69 Å². The first-order chi connectivity index (χ1) is 8.29. The molecular formula is C11H16N2O4S. The molecule has 1 rings (SSSR count). The van der Waals surface area contributed by atoms with Crippen LogP contribution >= 0.6 is 0 Å². The lowest BCUT2D eigenvalue weighted by atomic mass is 10.1. The number of nitro benzene ring substituents is 1. The molecule has 7 heteroatoms. The minimum absolute atomic E-state index is 0.0641. The quantitative estimate of drug-likeness (QED) is 0.654. The number of hydrogen-bond acceptors (Lipinski definition) is 4. The van der Waals surface area contributed by atoms with Gasteiger partial charge in [-0.15, -0.1) is 0 Å². The highest BCUT2D eigenvalue weighted by Gasteiger charge is 2.21. The number of sulfonamides is 1. The number of rotatable bonds is 5. The zero-order valence-corrected chi connectivity index (χ0v) is 11.4. The number of nitrogens with one attached hydrogen (secondary N) is 1. The third kappa shape index (κ3) is 3.05. The van der Waals surface area contributed by atoms with Crippen LogP contribution in [0.2, 0.25) is 0 Å². The summed E-state index contributed by atoms with van der Waals surface area (Å²) in [5.41, 5.74) is 0.891. The summed E-state index contributed by atoms with van der Waals surface area (Å²) < 4.78 is 26.2. The highest BCUT2D eigenvalue weighted by molar-refractivity contribution is 7.89. The van der Waals surface area contributed by atoms with Crippen molar-refractivity contribution in [2.45, 2.75) is 32.1 Å². The summed E-state index contributed by atoms with van der Waals surface area (Å²) in [4.78, 5) is 10.2. The summed E-state index contributed by atoms with van der Waals surface area (Å²) in [6.45, 7) is 5.40.